The van der Waals surface area contributed by atoms with Crippen molar-refractivity contribution in [1.29, 1.82) is 0 Å². The Balaban J connectivity index is 1.72. The molecule has 0 spiro atoms. The Morgan fingerprint density at radius 2 is 1.17 bits per heavy atom. The molecule has 0 aromatic carbocycles. The molecule has 3 aliphatic rings. The molecule has 0 aromatic heterocycles. The topological polar surface area (TPSA) is 9.23 Å². The van der Waals surface area contributed by atoms with Gasteiger partial charge < -0.3 is 4.74 Å². The van der Waals surface area contributed by atoms with Gasteiger partial charge >= 0.3 is 0 Å². The Morgan fingerprint density at radius 1 is 0.739 bits per heavy atom. The van der Waals surface area contributed by atoms with Crippen LogP contribution in [0.15, 0.2) is 11.3 Å². The van der Waals surface area contributed by atoms with Crippen molar-refractivity contribution in [2.75, 3.05) is 0 Å². The van der Waals surface area contributed by atoms with E-state index in [0.29, 0.717) is 12.2 Å². The molecule has 0 unspecified atom stereocenters. The zero-order valence-electron chi connectivity index (χ0n) is 15.8. The zero-order valence-corrected chi connectivity index (χ0v) is 16.8. The third-order valence-corrected chi connectivity index (χ3v) is 7.54. The molecule has 3 rings (SSSR count). The minimum absolute atomic E-state index is 0.540. The molecule has 0 amide bonds. The lowest BCUT2D eigenvalue weighted by molar-refractivity contribution is -0.0961. The van der Waals surface area contributed by atoms with Gasteiger partial charge in [-0.3, -0.25) is 0 Å². The van der Waals surface area contributed by atoms with Crippen LogP contribution in [0.2, 0.25) is 19.6 Å². The van der Waals surface area contributed by atoms with Crippen LogP contribution >= 0.6 is 0 Å². The zero-order chi connectivity index (χ0) is 16.3. The van der Waals surface area contributed by atoms with Crippen molar-refractivity contribution in [3.05, 3.63) is 11.3 Å². The van der Waals surface area contributed by atoms with Crippen LogP contribution in [0.25, 0.3) is 0 Å². The first-order valence-corrected chi connectivity index (χ1v) is 13.9. The van der Waals surface area contributed by atoms with Crippen LogP contribution in [0.1, 0.15) is 77.0 Å². The molecule has 0 aromatic rings. The minimum atomic E-state index is -1.12. The second-order valence-electron chi connectivity index (χ2n) is 9.59. The molecule has 1 saturated heterocycles. The summed E-state index contributed by atoms with van der Waals surface area (Å²) in [5.41, 5.74) is 4.47. The molecular formula is C21H38OSi. The first-order valence-electron chi connectivity index (χ1n) is 10.4. The molecular weight excluding hydrogens is 296 g/mol. The minimum Gasteiger partial charge on any atom is -0.374 e. The smallest absolute Gasteiger partial charge is 0.0686 e. The fraction of sp³-hybridized carbons (Fsp3) is 0.905. The maximum atomic E-state index is 6.78. The van der Waals surface area contributed by atoms with E-state index in [9.17, 15) is 0 Å². The maximum Gasteiger partial charge on any atom is 0.0686 e. The van der Waals surface area contributed by atoms with Crippen molar-refractivity contribution >= 4 is 8.07 Å². The van der Waals surface area contributed by atoms with Gasteiger partial charge in [0.15, 0.2) is 0 Å². The van der Waals surface area contributed by atoms with E-state index in [-0.39, 0.29) is 0 Å². The van der Waals surface area contributed by atoms with Crippen LogP contribution in [0.5, 0.6) is 0 Å². The van der Waals surface area contributed by atoms with Crippen LogP contribution in [-0.4, -0.2) is 20.3 Å². The van der Waals surface area contributed by atoms with E-state index in [4.69, 9.17) is 4.74 Å². The maximum absolute atomic E-state index is 6.78. The van der Waals surface area contributed by atoms with E-state index in [2.05, 4.69) is 25.3 Å². The highest BCUT2D eigenvalue weighted by Crippen LogP contribution is 2.40. The average molecular weight is 335 g/mol. The SMILES string of the molecule is C[Si](C)(C)C=C1C[C@@H](C2CCCCC2)O[C@@H](C2CCCCC2)C1. The number of rotatable bonds is 3. The van der Waals surface area contributed by atoms with Gasteiger partial charge in [0.25, 0.3) is 0 Å². The quantitative estimate of drug-likeness (QED) is 0.535. The second-order valence-corrected chi connectivity index (χ2v) is 14.6. The third-order valence-electron chi connectivity index (χ3n) is 6.26. The van der Waals surface area contributed by atoms with Crippen LogP contribution in [0.3, 0.4) is 0 Å². The van der Waals surface area contributed by atoms with Gasteiger partial charge in [0.2, 0.25) is 0 Å². The average Bonchev–Trinajstić information content (AvgIpc) is 2.55. The largest absolute Gasteiger partial charge is 0.374 e. The van der Waals surface area contributed by atoms with E-state index in [0.717, 1.165) is 11.8 Å². The third kappa shape index (κ3) is 5.19. The lowest BCUT2D eigenvalue weighted by Crippen LogP contribution is -2.40. The lowest BCUT2D eigenvalue weighted by Gasteiger charge is -2.42. The second kappa shape index (κ2) is 7.87. The molecule has 23 heavy (non-hydrogen) atoms. The van der Waals surface area contributed by atoms with Crippen molar-refractivity contribution in [1.82, 2.24) is 0 Å². The number of ether oxygens (including phenoxy) is 1. The molecule has 0 radical (unpaired) electrons. The van der Waals surface area contributed by atoms with Gasteiger partial charge in [0.05, 0.1) is 20.3 Å². The van der Waals surface area contributed by atoms with Crippen molar-refractivity contribution in [2.24, 2.45) is 11.8 Å². The van der Waals surface area contributed by atoms with Gasteiger partial charge in [-0.1, -0.05) is 69.4 Å². The summed E-state index contributed by atoms with van der Waals surface area (Å²) < 4.78 is 6.78. The predicted molar refractivity (Wildman–Crippen MR) is 102 cm³/mol. The van der Waals surface area contributed by atoms with E-state index >= 15 is 0 Å². The Morgan fingerprint density at radius 3 is 1.57 bits per heavy atom. The Kier molecular flexibility index (Phi) is 6.06. The van der Waals surface area contributed by atoms with Gasteiger partial charge in [0, 0.05) is 0 Å². The molecule has 1 aliphatic heterocycles. The predicted octanol–water partition coefficient (Wildman–Crippen LogP) is 6.50. The Labute approximate surface area is 145 Å². The summed E-state index contributed by atoms with van der Waals surface area (Å²) in [6.07, 6.45) is 17.9. The molecule has 132 valence electrons. The summed E-state index contributed by atoms with van der Waals surface area (Å²) in [6, 6.07) is 0. The highest BCUT2D eigenvalue weighted by Gasteiger charge is 2.36. The fourth-order valence-electron chi connectivity index (χ4n) is 5.22. The highest BCUT2D eigenvalue weighted by molar-refractivity contribution is 6.81. The van der Waals surface area contributed by atoms with Crippen LogP contribution in [-0.2, 0) is 4.74 Å². The van der Waals surface area contributed by atoms with Crippen LogP contribution in [0, 0.1) is 11.8 Å². The normalized spacial score (nSPS) is 34.0. The molecule has 0 bridgehead atoms. The molecule has 2 atom stereocenters. The van der Waals surface area contributed by atoms with E-state index < -0.39 is 8.07 Å². The first kappa shape index (κ1) is 17.7. The molecule has 2 saturated carbocycles. The van der Waals surface area contributed by atoms with E-state index in [1.54, 1.807) is 5.57 Å². The first-order chi connectivity index (χ1) is 11.0. The summed E-state index contributed by atoms with van der Waals surface area (Å²) in [6.45, 7) is 7.46. The van der Waals surface area contributed by atoms with Gasteiger partial charge in [-0.25, -0.2) is 0 Å². The van der Waals surface area contributed by atoms with Crippen molar-refractivity contribution in [3.63, 3.8) is 0 Å². The summed E-state index contributed by atoms with van der Waals surface area (Å²) >= 11 is 0. The van der Waals surface area contributed by atoms with Crippen LogP contribution < -0.4 is 0 Å². The van der Waals surface area contributed by atoms with Gasteiger partial charge in [-0.15, -0.1) is 0 Å². The monoisotopic (exact) mass is 334 g/mol. The molecule has 3 fully saturated rings. The fourth-order valence-corrected chi connectivity index (χ4v) is 6.68. The van der Waals surface area contributed by atoms with Crippen molar-refractivity contribution < 1.29 is 4.74 Å². The molecule has 2 heteroatoms. The highest BCUT2D eigenvalue weighted by atomic mass is 28.3. The standard InChI is InChI=1S/C21H38OSi/c1-23(2,3)16-17-14-20(18-10-6-4-7-11-18)22-21(15-17)19-12-8-5-9-13-19/h16,18-21H,4-15H2,1-3H3/t20-,21+. The van der Waals surface area contributed by atoms with Gasteiger partial charge in [-0.2, -0.15) is 0 Å². The van der Waals surface area contributed by atoms with E-state index in [1.807, 2.05) is 0 Å². The molecule has 1 heterocycles. The number of hydrogen-bond donors (Lipinski definition) is 0. The lowest BCUT2D eigenvalue weighted by atomic mass is 9.77. The van der Waals surface area contributed by atoms with E-state index in [1.165, 1.54) is 77.0 Å². The molecule has 2 aliphatic carbocycles. The summed E-state index contributed by atoms with van der Waals surface area (Å²) in [5, 5.41) is 0. The Bertz CT molecular complexity index is 369. The van der Waals surface area contributed by atoms with Gasteiger partial charge in [0.1, 0.15) is 0 Å². The summed E-state index contributed by atoms with van der Waals surface area (Å²) in [5.74, 6) is 1.69. The van der Waals surface area contributed by atoms with Gasteiger partial charge in [-0.05, 0) is 50.4 Å². The van der Waals surface area contributed by atoms with Crippen molar-refractivity contribution in [2.45, 2.75) is 109 Å². The summed E-state index contributed by atoms with van der Waals surface area (Å²) in [7, 11) is -1.12. The molecule has 0 N–H and O–H groups in total. The summed E-state index contributed by atoms with van der Waals surface area (Å²) in [4.78, 5) is 0. The molecule has 1 nitrogen and oxygen atoms in total. The number of hydrogen-bond acceptors (Lipinski definition) is 1. The van der Waals surface area contributed by atoms with Crippen LogP contribution in [0.4, 0.5) is 0 Å². The Hall–Kier alpha value is -0.0831. The van der Waals surface area contributed by atoms with Crippen molar-refractivity contribution in [3.8, 4) is 0 Å².